The van der Waals surface area contributed by atoms with E-state index in [9.17, 15) is 14.4 Å². The lowest BCUT2D eigenvalue weighted by Crippen LogP contribution is -2.43. The Labute approximate surface area is 174 Å². The van der Waals surface area contributed by atoms with Gasteiger partial charge >= 0.3 is 0 Å². The Morgan fingerprint density at radius 1 is 1.00 bits per heavy atom. The molecule has 0 aromatic heterocycles. The van der Waals surface area contributed by atoms with Crippen LogP contribution in [0.1, 0.15) is 22.3 Å². The zero-order valence-corrected chi connectivity index (χ0v) is 17.3. The Morgan fingerprint density at radius 2 is 1.77 bits per heavy atom. The van der Waals surface area contributed by atoms with Crippen LogP contribution in [0.4, 0.5) is 11.4 Å². The molecule has 8 heteroatoms. The van der Waals surface area contributed by atoms with Gasteiger partial charge in [0, 0.05) is 5.69 Å². The normalized spacial score (nSPS) is 20.1. The zero-order chi connectivity index (χ0) is 21.6. The van der Waals surface area contributed by atoms with Crippen LogP contribution in [0, 0.1) is 27.7 Å². The second kappa shape index (κ2) is 7.37. The molecular weight excluding hydrogens is 382 g/mol. The number of carbonyl (C=O) groups excluding carboxylic acids is 3. The van der Waals surface area contributed by atoms with E-state index in [0.717, 1.165) is 27.2 Å². The molecule has 30 heavy (non-hydrogen) atoms. The van der Waals surface area contributed by atoms with Crippen molar-refractivity contribution in [3.05, 3.63) is 58.7 Å². The van der Waals surface area contributed by atoms with Gasteiger partial charge in [-0.2, -0.15) is 5.11 Å². The largest absolute Gasteiger partial charge is 0.324 e. The van der Waals surface area contributed by atoms with Gasteiger partial charge < -0.3 is 5.32 Å². The highest BCUT2D eigenvalue weighted by Crippen LogP contribution is 2.32. The minimum atomic E-state index is -0.924. The van der Waals surface area contributed by atoms with E-state index in [4.69, 9.17) is 0 Å². The number of aryl methyl sites for hydroxylation is 3. The number of anilines is 2. The van der Waals surface area contributed by atoms with Crippen LogP contribution in [0.5, 0.6) is 0 Å². The fourth-order valence-corrected chi connectivity index (χ4v) is 3.70. The summed E-state index contributed by atoms with van der Waals surface area (Å²) < 4.78 is 0. The van der Waals surface area contributed by atoms with Crippen molar-refractivity contribution in [2.75, 3.05) is 16.8 Å². The van der Waals surface area contributed by atoms with E-state index >= 15 is 0 Å². The molecule has 2 aliphatic rings. The van der Waals surface area contributed by atoms with Gasteiger partial charge in [-0.25, -0.2) is 4.90 Å². The predicted octanol–water partition coefficient (Wildman–Crippen LogP) is 2.85. The average molecular weight is 405 g/mol. The minimum absolute atomic E-state index is 0.169. The average Bonchev–Trinajstić information content (AvgIpc) is 3.21. The highest BCUT2D eigenvalue weighted by atomic mass is 16.2. The van der Waals surface area contributed by atoms with E-state index in [-0.39, 0.29) is 12.5 Å². The molecule has 0 aliphatic carbocycles. The fourth-order valence-electron chi connectivity index (χ4n) is 3.70. The first-order chi connectivity index (χ1) is 14.3. The quantitative estimate of drug-likeness (QED) is 0.792. The van der Waals surface area contributed by atoms with Gasteiger partial charge in [0.2, 0.25) is 5.91 Å². The van der Waals surface area contributed by atoms with Crippen molar-refractivity contribution < 1.29 is 14.4 Å². The predicted molar refractivity (Wildman–Crippen MR) is 112 cm³/mol. The van der Waals surface area contributed by atoms with Crippen LogP contribution in [0.3, 0.4) is 0 Å². The van der Waals surface area contributed by atoms with Crippen LogP contribution in [-0.4, -0.2) is 41.4 Å². The molecule has 8 nitrogen and oxygen atoms in total. The van der Waals surface area contributed by atoms with E-state index in [1.54, 1.807) is 12.1 Å². The van der Waals surface area contributed by atoms with Gasteiger partial charge in [0.15, 0.2) is 12.1 Å². The van der Waals surface area contributed by atoms with E-state index in [2.05, 4.69) is 15.7 Å². The van der Waals surface area contributed by atoms with Gasteiger partial charge in [-0.15, -0.1) is 0 Å². The van der Waals surface area contributed by atoms with Crippen molar-refractivity contribution >= 4 is 29.1 Å². The van der Waals surface area contributed by atoms with Crippen molar-refractivity contribution in [1.82, 2.24) is 5.01 Å². The molecule has 0 spiro atoms. The van der Waals surface area contributed by atoms with Crippen LogP contribution in [0.15, 0.2) is 46.7 Å². The molecule has 0 unspecified atom stereocenters. The first-order valence-electron chi connectivity index (χ1n) is 9.76. The monoisotopic (exact) mass is 405 g/mol. The molecule has 0 bridgehead atoms. The first kappa shape index (κ1) is 19.8. The smallest absolute Gasteiger partial charge is 0.263 e. The molecule has 2 aliphatic heterocycles. The standard InChI is InChI=1S/C22H23N5O3/c1-12-8-9-16(10-14(12)3)27-21(29)19-20(22(27)30)26(25-24-19)11-18(28)23-17-7-5-6-13(2)15(17)4/h5-10,19-20H,11H2,1-4H3,(H,23,28)/t19-,20+/m1/s1. The lowest BCUT2D eigenvalue weighted by atomic mass is 10.1. The fraction of sp³-hybridized carbons (Fsp3) is 0.318. The highest BCUT2D eigenvalue weighted by molar-refractivity contribution is 6.25. The lowest BCUT2D eigenvalue weighted by molar-refractivity contribution is -0.123. The molecule has 0 saturated carbocycles. The van der Waals surface area contributed by atoms with Crippen LogP contribution < -0.4 is 10.2 Å². The molecule has 2 heterocycles. The number of imide groups is 1. The van der Waals surface area contributed by atoms with Crippen LogP contribution in [-0.2, 0) is 14.4 Å². The van der Waals surface area contributed by atoms with Crippen molar-refractivity contribution in [3.63, 3.8) is 0 Å². The Morgan fingerprint density at radius 3 is 2.50 bits per heavy atom. The third kappa shape index (κ3) is 3.24. The molecule has 2 aromatic rings. The topological polar surface area (TPSA) is 94.4 Å². The molecule has 154 valence electrons. The van der Waals surface area contributed by atoms with Crippen LogP contribution >= 0.6 is 0 Å². The summed E-state index contributed by atoms with van der Waals surface area (Å²) in [5, 5.41) is 12.1. The number of hydrogen-bond acceptors (Lipinski definition) is 6. The maximum atomic E-state index is 13.1. The third-order valence-electron chi connectivity index (χ3n) is 5.79. The molecule has 1 fully saturated rings. The van der Waals surface area contributed by atoms with Gasteiger partial charge in [0.1, 0.15) is 6.54 Å². The SMILES string of the molecule is Cc1ccc(N2C(=O)[C@@H]3[C@@H](N=NN3CC(=O)Nc3cccc(C)c3C)C2=O)cc1C. The summed E-state index contributed by atoms with van der Waals surface area (Å²) in [4.78, 5) is 39.6. The molecular formula is C22H23N5O3. The summed E-state index contributed by atoms with van der Waals surface area (Å²) in [7, 11) is 0. The number of amides is 3. The number of rotatable bonds is 4. The molecule has 1 saturated heterocycles. The van der Waals surface area contributed by atoms with E-state index in [0.29, 0.717) is 11.4 Å². The van der Waals surface area contributed by atoms with Crippen LogP contribution in [0.25, 0.3) is 0 Å². The van der Waals surface area contributed by atoms with Gasteiger partial charge in [-0.1, -0.05) is 23.4 Å². The lowest BCUT2D eigenvalue weighted by Gasteiger charge is -2.21. The maximum absolute atomic E-state index is 13.1. The Hall–Kier alpha value is -3.55. The van der Waals surface area contributed by atoms with Crippen molar-refractivity contribution in [1.29, 1.82) is 0 Å². The van der Waals surface area contributed by atoms with E-state index < -0.39 is 23.9 Å². The first-order valence-corrected chi connectivity index (χ1v) is 9.76. The summed E-state index contributed by atoms with van der Waals surface area (Å²) in [6.07, 6.45) is 0. The number of nitrogens with zero attached hydrogens (tertiary/aromatic N) is 4. The Balaban J connectivity index is 1.51. The summed E-state index contributed by atoms with van der Waals surface area (Å²) in [6, 6.07) is 9.25. The number of carbonyl (C=O) groups is 3. The maximum Gasteiger partial charge on any atom is 0.263 e. The Bertz CT molecular complexity index is 1090. The Kier molecular flexibility index (Phi) is 4.85. The minimum Gasteiger partial charge on any atom is -0.324 e. The summed E-state index contributed by atoms with van der Waals surface area (Å²) >= 11 is 0. The number of nitrogens with one attached hydrogen (secondary N) is 1. The summed E-state index contributed by atoms with van der Waals surface area (Å²) in [5.41, 5.74) is 5.31. The molecule has 1 N–H and O–H groups in total. The number of benzene rings is 2. The van der Waals surface area contributed by atoms with Crippen molar-refractivity contribution in [2.45, 2.75) is 39.8 Å². The number of fused-ring (bicyclic) bond motifs is 1. The second-order valence-corrected chi connectivity index (χ2v) is 7.77. The van der Waals surface area contributed by atoms with Gasteiger partial charge in [0.25, 0.3) is 11.8 Å². The van der Waals surface area contributed by atoms with Crippen LogP contribution in [0.2, 0.25) is 0 Å². The van der Waals surface area contributed by atoms with E-state index in [1.165, 1.54) is 5.01 Å². The highest BCUT2D eigenvalue weighted by Gasteiger charge is 2.55. The van der Waals surface area contributed by atoms with E-state index in [1.807, 2.05) is 52.0 Å². The zero-order valence-electron chi connectivity index (χ0n) is 17.3. The van der Waals surface area contributed by atoms with Gasteiger partial charge in [-0.3, -0.25) is 19.4 Å². The van der Waals surface area contributed by atoms with Crippen molar-refractivity contribution in [2.24, 2.45) is 10.3 Å². The molecule has 2 aromatic carbocycles. The number of hydrogen-bond donors (Lipinski definition) is 1. The molecule has 4 rings (SSSR count). The van der Waals surface area contributed by atoms with Gasteiger partial charge in [0.05, 0.1) is 5.69 Å². The molecule has 0 radical (unpaired) electrons. The molecule has 2 atom stereocenters. The van der Waals surface area contributed by atoms with Crippen molar-refractivity contribution in [3.8, 4) is 0 Å². The molecule has 3 amide bonds. The third-order valence-corrected chi connectivity index (χ3v) is 5.79. The second-order valence-electron chi connectivity index (χ2n) is 7.77. The summed E-state index contributed by atoms with van der Waals surface area (Å²) in [5.74, 6) is -1.17. The summed E-state index contributed by atoms with van der Waals surface area (Å²) in [6.45, 7) is 7.61. The van der Waals surface area contributed by atoms with Gasteiger partial charge in [-0.05, 0) is 68.1 Å².